The molecule has 1 N–H and O–H groups in total. The number of benzene rings is 2. The lowest BCUT2D eigenvalue weighted by atomic mass is 10.1. The predicted molar refractivity (Wildman–Crippen MR) is 86.7 cm³/mol. The Balaban J connectivity index is 2.09. The topological polar surface area (TPSA) is 107 Å². The Labute approximate surface area is 159 Å². The van der Waals surface area contributed by atoms with Crippen molar-refractivity contribution in [1.29, 1.82) is 0 Å². The van der Waals surface area contributed by atoms with Crippen molar-refractivity contribution in [3.8, 4) is 0 Å². The standard InChI is InChI=1S/C16H11F5O7S/c17-15(18,19)14(16(20,21)29(24,25)26)28-12(22)8-27-13(23)11-6-5-9-3-1-2-4-10(9)7-11/h1-7,14H,8H2,(H,24,25,26). The van der Waals surface area contributed by atoms with E-state index in [-0.39, 0.29) is 5.56 Å². The number of esters is 2. The first kappa shape index (κ1) is 22.5. The van der Waals surface area contributed by atoms with Gasteiger partial charge in [0, 0.05) is 0 Å². The lowest BCUT2D eigenvalue weighted by molar-refractivity contribution is -0.259. The SMILES string of the molecule is O=C(COC(=O)c1ccc2ccccc2c1)OC(C(F)(F)F)C(F)(F)S(=O)(=O)O. The van der Waals surface area contributed by atoms with E-state index in [2.05, 4.69) is 9.47 Å². The molecule has 0 amide bonds. The Hall–Kier alpha value is -2.80. The number of carbonyl (C=O) groups excluding carboxylic acids is 2. The van der Waals surface area contributed by atoms with E-state index in [1.165, 1.54) is 18.2 Å². The Morgan fingerprint density at radius 2 is 1.59 bits per heavy atom. The van der Waals surface area contributed by atoms with Crippen LogP contribution in [0.15, 0.2) is 42.5 Å². The molecule has 0 aliphatic rings. The Kier molecular flexibility index (Phi) is 6.13. The molecular weight excluding hydrogens is 431 g/mol. The molecule has 29 heavy (non-hydrogen) atoms. The molecule has 2 aromatic carbocycles. The van der Waals surface area contributed by atoms with Crippen LogP contribution in [0.3, 0.4) is 0 Å². The van der Waals surface area contributed by atoms with Crippen LogP contribution in [0, 0.1) is 0 Å². The van der Waals surface area contributed by atoms with E-state index < -0.39 is 46.2 Å². The van der Waals surface area contributed by atoms with Gasteiger partial charge in [0.05, 0.1) is 5.56 Å². The minimum Gasteiger partial charge on any atom is -0.450 e. The van der Waals surface area contributed by atoms with E-state index in [1.54, 1.807) is 24.3 Å². The molecule has 2 rings (SSSR count). The highest BCUT2D eigenvalue weighted by Crippen LogP contribution is 2.38. The van der Waals surface area contributed by atoms with Crippen LogP contribution in [-0.2, 0) is 24.4 Å². The van der Waals surface area contributed by atoms with Gasteiger partial charge >= 0.3 is 33.5 Å². The first-order valence-electron chi connectivity index (χ1n) is 7.50. The van der Waals surface area contributed by atoms with Gasteiger partial charge in [0.2, 0.25) is 0 Å². The summed E-state index contributed by atoms with van der Waals surface area (Å²) in [6, 6.07) is 10.9. The summed E-state index contributed by atoms with van der Waals surface area (Å²) in [5, 5.41) is -4.51. The number of carbonyl (C=O) groups is 2. The highest BCUT2D eigenvalue weighted by molar-refractivity contribution is 7.86. The van der Waals surface area contributed by atoms with Gasteiger partial charge in [-0.05, 0) is 22.9 Å². The second-order valence-electron chi connectivity index (χ2n) is 5.59. The average molecular weight is 442 g/mol. The van der Waals surface area contributed by atoms with Crippen molar-refractivity contribution in [2.75, 3.05) is 6.61 Å². The molecule has 158 valence electrons. The summed E-state index contributed by atoms with van der Waals surface area (Å²) in [5.41, 5.74) is -0.0906. The molecule has 1 atom stereocenters. The maximum absolute atomic E-state index is 13.3. The van der Waals surface area contributed by atoms with Crippen LogP contribution >= 0.6 is 0 Å². The van der Waals surface area contributed by atoms with Crippen molar-refractivity contribution >= 4 is 32.8 Å². The summed E-state index contributed by atoms with van der Waals surface area (Å²) < 4.78 is 102. The van der Waals surface area contributed by atoms with Crippen molar-refractivity contribution < 1.29 is 54.0 Å². The fourth-order valence-corrected chi connectivity index (χ4v) is 2.60. The van der Waals surface area contributed by atoms with Crippen LogP contribution in [0.25, 0.3) is 10.8 Å². The lowest BCUT2D eigenvalue weighted by Gasteiger charge is -2.25. The molecule has 0 aliphatic heterocycles. The van der Waals surface area contributed by atoms with Gasteiger partial charge in [-0.3, -0.25) is 4.55 Å². The zero-order valence-electron chi connectivity index (χ0n) is 14.0. The molecule has 0 radical (unpaired) electrons. The molecule has 0 heterocycles. The summed E-state index contributed by atoms with van der Waals surface area (Å²) in [6.45, 7) is -1.51. The number of alkyl halides is 5. The molecule has 0 fully saturated rings. The van der Waals surface area contributed by atoms with Gasteiger partial charge in [-0.25, -0.2) is 9.59 Å². The van der Waals surface area contributed by atoms with Crippen molar-refractivity contribution in [3.05, 3.63) is 48.0 Å². The second kappa shape index (κ2) is 7.91. The van der Waals surface area contributed by atoms with Crippen molar-refractivity contribution in [2.24, 2.45) is 0 Å². The van der Waals surface area contributed by atoms with E-state index in [0.29, 0.717) is 5.39 Å². The van der Waals surface area contributed by atoms with Crippen LogP contribution in [0.4, 0.5) is 22.0 Å². The van der Waals surface area contributed by atoms with Gasteiger partial charge < -0.3 is 9.47 Å². The Morgan fingerprint density at radius 3 is 2.14 bits per heavy atom. The largest absolute Gasteiger partial charge is 0.450 e. The molecule has 0 spiro atoms. The van der Waals surface area contributed by atoms with Crippen LogP contribution in [-0.4, -0.2) is 49.1 Å². The lowest BCUT2D eigenvalue weighted by Crippen LogP contribution is -2.52. The van der Waals surface area contributed by atoms with Gasteiger partial charge in [-0.1, -0.05) is 30.3 Å². The Bertz CT molecular complexity index is 1030. The third kappa shape index (κ3) is 5.17. The quantitative estimate of drug-likeness (QED) is 0.416. The monoisotopic (exact) mass is 442 g/mol. The molecule has 0 bridgehead atoms. The first-order chi connectivity index (χ1) is 13.2. The highest BCUT2D eigenvalue weighted by atomic mass is 32.2. The second-order valence-corrected chi connectivity index (χ2v) is 7.08. The van der Waals surface area contributed by atoms with E-state index in [0.717, 1.165) is 5.39 Å². The summed E-state index contributed by atoms with van der Waals surface area (Å²) in [5.74, 6) is -3.28. The number of ether oxygens (including phenoxy) is 2. The first-order valence-corrected chi connectivity index (χ1v) is 8.94. The smallest absolute Gasteiger partial charge is 0.432 e. The number of halogens is 5. The van der Waals surface area contributed by atoms with Crippen LogP contribution in [0.1, 0.15) is 10.4 Å². The van der Waals surface area contributed by atoms with Crippen LogP contribution in [0.2, 0.25) is 0 Å². The number of hydrogen-bond acceptors (Lipinski definition) is 6. The molecule has 13 heteroatoms. The number of rotatable bonds is 6. The van der Waals surface area contributed by atoms with Gasteiger partial charge in [0.25, 0.3) is 6.10 Å². The highest BCUT2D eigenvalue weighted by Gasteiger charge is 2.66. The normalized spacial score (nSPS) is 13.7. The molecule has 1 unspecified atom stereocenters. The predicted octanol–water partition coefficient (Wildman–Crippen LogP) is 2.95. The van der Waals surface area contributed by atoms with E-state index in [1.807, 2.05) is 0 Å². The zero-order chi connectivity index (χ0) is 22.0. The zero-order valence-corrected chi connectivity index (χ0v) is 14.8. The van der Waals surface area contributed by atoms with Gasteiger partial charge in [-0.15, -0.1) is 0 Å². The van der Waals surface area contributed by atoms with E-state index in [9.17, 15) is 40.0 Å². The minimum atomic E-state index is -6.56. The third-order valence-corrected chi connectivity index (χ3v) is 4.40. The average Bonchev–Trinajstić information content (AvgIpc) is 2.61. The summed E-state index contributed by atoms with van der Waals surface area (Å²) >= 11 is 0. The van der Waals surface area contributed by atoms with Gasteiger partial charge in [-0.2, -0.15) is 30.4 Å². The summed E-state index contributed by atoms with van der Waals surface area (Å²) in [4.78, 5) is 23.3. The molecule has 0 saturated carbocycles. The van der Waals surface area contributed by atoms with Crippen molar-refractivity contribution in [1.82, 2.24) is 0 Å². The molecular formula is C16H11F5O7S. The van der Waals surface area contributed by atoms with Gasteiger partial charge in [0.15, 0.2) is 6.61 Å². The van der Waals surface area contributed by atoms with E-state index >= 15 is 0 Å². The summed E-state index contributed by atoms with van der Waals surface area (Å²) in [7, 11) is -6.56. The maximum Gasteiger partial charge on any atom is 0.432 e. The summed E-state index contributed by atoms with van der Waals surface area (Å²) in [6.07, 6.45) is -10.5. The molecule has 0 saturated heterocycles. The Morgan fingerprint density at radius 1 is 1.00 bits per heavy atom. The van der Waals surface area contributed by atoms with Crippen molar-refractivity contribution in [2.45, 2.75) is 17.5 Å². The number of hydrogen-bond donors (Lipinski definition) is 1. The fraction of sp³-hybridized carbons (Fsp3) is 0.250. The van der Waals surface area contributed by atoms with Crippen molar-refractivity contribution in [3.63, 3.8) is 0 Å². The fourth-order valence-electron chi connectivity index (χ4n) is 2.15. The number of fused-ring (bicyclic) bond motifs is 1. The van der Waals surface area contributed by atoms with E-state index in [4.69, 9.17) is 4.55 Å². The maximum atomic E-state index is 13.3. The third-order valence-electron chi connectivity index (χ3n) is 3.50. The van der Waals surface area contributed by atoms with Gasteiger partial charge in [0.1, 0.15) is 0 Å². The molecule has 2 aromatic rings. The molecule has 0 aromatic heterocycles. The van der Waals surface area contributed by atoms with Crippen LogP contribution < -0.4 is 0 Å². The van der Waals surface area contributed by atoms with Crippen LogP contribution in [0.5, 0.6) is 0 Å². The minimum absolute atomic E-state index is 0.0906. The molecule has 0 aliphatic carbocycles. The molecule has 7 nitrogen and oxygen atoms in total.